The predicted molar refractivity (Wildman–Crippen MR) is 138 cm³/mol. The Kier molecular flexibility index (Phi) is 7.78. The minimum atomic E-state index is -0.520. The van der Waals surface area contributed by atoms with Gasteiger partial charge in [-0.3, -0.25) is 4.79 Å². The number of esters is 1. The average molecular weight is 468 g/mol. The molecule has 0 radical (unpaired) electrons. The number of benzene rings is 4. The molecule has 1 N–H and O–H groups in total. The molecule has 35 heavy (non-hydrogen) atoms. The van der Waals surface area contributed by atoms with Crippen molar-refractivity contribution in [2.24, 2.45) is 0 Å². The SMILES string of the molecule is CCCC(=O)NC(c1ccc(C)cc1)c1c(OC(=O)COc2ccccc2)ccc2ccccc12. The molecule has 0 heterocycles. The molecule has 1 amide bonds. The van der Waals surface area contributed by atoms with E-state index in [-0.39, 0.29) is 12.5 Å². The first-order valence-electron chi connectivity index (χ1n) is 11.8. The first-order chi connectivity index (χ1) is 17.0. The topological polar surface area (TPSA) is 64.6 Å². The van der Waals surface area contributed by atoms with E-state index in [0.29, 0.717) is 17.9 Å². The van der Waals surface area contributed by atoms with Gasteiger partial charge in [0.05, 0.1) is 6.04 Å². The molecular formula is C30H29NO4. The Bertz CT molecular complexity index is 1300. The molecule has 4 rings (SSSR count). The summed E-state index contributed by atoms with van der Waals surface area (Å²) in [6.07, 6.45) is 1.15. The molecule has 0 spiro atoms. The molecule has 0 saturated carbocycles. The number of para-hydroxylation sites is 1. The number of carbonyl (C=O) groups is 2. The van der Waals surface area contributed by atoms with Gasteiger partial charge in [-0.2, -0.15) is 0 Å². The van der Waals surface area contributed by atoms with Crippen molar-refractivity contribution in [2.45, 2.75) is 32.7 Å². The van der Waals surface area contributed by atoms with E-state index in [9.17, 15) is 9.59 Å². The third-order valence-corrected chi connectivity index (χ3v) is 5.74. The average Bonchev–Trinajstić information content (AvgIpc) is 2.87. The van der Waals surface area contributed by atoms with Crippen LogP contribution in [0.5, 0.6) is 11.5 Å². The Balaban J connectivity index is 1.73. The van der Waals surface area contributed by atoms with Gasteiger partial charge in [0.2, 0.25) is 5.91 Å². The first-order valence-corrected chi connectivity index (χ1v) is 11.8. The van der Waals surface area contributed by atoms with Crippen molar-refractivity contribution < 1.29 is 19.1 Å². The molecule has 5 nitrogen and oxygen atoms in total. The molecule has 0 saturated heterocycles. The fraction of sp³-hybridized carbons (Fsp3) is 0.200. The first kappa shape index (κ1) is 24.0. The quantitative estimate of drug-likeness (QED) is 0.237. The van der Waals surface area contributed by atoms with E-state index in [0.717, 1.165) is 33.9 Å². The van der Waals surface area contributed by atoms with E-state index in [1.54, 1.807) is 18.2 Å². The van der Waals surface area contributed by atoms with Crippen molar-refractivity contribution >= 4 is 22.6 Å². The number of nitrogens with one attached hydrogen (secondary N) is 1. The Labute approximate surface area is 205 Å². The zero-order valence-corrected chi connectivity index (χ0v) is 20.0. The fourth-order valence-electron chi connectivity index (χ4n) is 4.01. The van der Waals surface area contributed by atoms with Crippen LogP contribution in [-0.2, 0) is 9.59 Å². The van der Waals surface area contributed by atoms with Crippen LogP contribution in [0.3, 0.4) is 0 Å². The van der Waals surface area contributed by atoms with Gasteiger partial charge in [0.25, 0.3) is 0 Å². The van der Waals surface area contributed by atoms with Crippen LogP contribution in [0.2, 0.25) is 0 Å². The molecule has 4 aromatic rings. The van der Waals surface area contributed by atoms with E-state index in [4.69, 9.17) is 9.47 Å². The van der Waals surface area contributed by atoms with Gasteiger partial charge in [-0.25, -0.2) is 4.79 Å². The number of fused-ring (bicyclic) bond motifs is 1. The lowest BCUT2D eigenvalue weighted by Gasteiger charge is -2.24. The minimum absolute atomic E-state index is 0.0595. The predicted octanol–water partition coefficient (Wildman–Crippen LogP) is 6.14. The molecule has 1 atom stereocenters. The second kappa shape index (κ2) is 11.3. The molecule has 4 aromatic carbocycles. The highest BCUT2D eigenvalue weighted by molar-refractivity contribution is 5.90. The van der Waals surface area contributed by atoms with E-state index in [2.05, 4.69) is 5.32 Å². The third-order valence-electron chi connectivity index (χ3n) is 5.74. The highest BCUT2D eigenvalue weighted by Gasteiger charge is 2.24. The number of carbonyl (C=O) groups excluding carboxylic acids is 2. The lowest BCUT2D eigenvalue weighted by atomic mass is 9.92. The Morgan fingerprint density at radius 2 is 1.57 bits per heavy atom. The van der Waals surface area contributed by atoms with Crippen molar-refractivity contribution in [1.29, 1.82) is 0 Å². The Morgan fingerprint density at radius 3 is 2.31 bits per heavy atom. The second-order valence-electron chi connectivity index (χ2n) is 8.44. The normalized spacial score (nSPS) is 11.6. The number of rotatable bonds is 9. The van der Waals surface area contributed by atoms with Gasteiger partial charge in [-0.1, -0.05) is 85.3 Å². The largest absolute Gasteiger partial charge is 0.482 e. The van der Waals surface area contributed by atoms with E-state index >= 15 is 0 Å². The van der Waals surface area contributed by atoms with E-state index in [1.807, 2.05) is 86.6 Å². The van der Waals surface area contributed by atoms with Gasteiger partial charge in [0.15, 0.2) is 6.61 Å². The van der Waals surface area contributed by atoms with E-state index < -0.39 is 12.0 Å². The maximum Gasteiger partial charge on any atom is 0.349 e. The Hall–Kier alpha value is -4.12. The van der Waals surface area contributed by atoms with Crippen molar-refractivity contribution in [1.82, 2.24) is 5.32 Å². The summed E-state index contributed by atoms with van der Waals surface area (Å²) in [5.41, 5.74) is 2.77. The van der Waals surface area contributed by atoms with Crippen molar-refractivity contribution in [3.05, 3.63) is 108 Å². The van der Waals surface area contributed by atoms with Gasteiger partial charge in [0.1, 0.15) is 11.5 Å². The summed E-state index contributed by atoms with van der Waals surface area (Å²) in [6, 6.07) is 28.2. The summed E-state index contributed by atoms with van der Waals surface area (Å²) in [7, 11) is 0. The second-order valence-corrected chi connectivity index (χ2v) is 8.44. The van der Waals surface area contributed by atoms with Crippen LogP contribution in [0, 0.1) is 6.92 Å². The van der Waals surface area contributed by atoms with Crippen LogP contribution in [0.15, 0.2) is 91.0 Å². The standard InChI is InChI=1S/C30H29NO4/c1-3-9-27(32)31-30(23-16-14-21(2)15-17-23)29-25-13-8-7-10-22(25)18-19-26(29)35-28(33)20-34-24-11-5-4-6-12-24/h4-8,10-19,30H,3,9,20H2,1-2H3,(H,31,32). The number of ether oxygens (including phenoxy) is 2. The molecule has 1 unspecified atom stereocenters. The van der Waals surface area contributed by atoms with Gasteiger partial charge in [-0.05, 0) is 47.9 Å². The molecule has 178 valence electrons. The van der Waals surface area contributed by atoms with Crippen molar-refractivity contribution in [2.75, 3.05) is 6.61 Å². The highest BCUT2D eigenvalue weighted by atomic mass is 16.6. The lowest BCUT2D eigenvalue weighted by Crippen LogP contribution is -2.30. The van der Waals surface area contributed by atoms with Crippen LogP contribution in [0.4, 0.5) is 0 Å². The lowest BCUT2D eigenvalue weighted by molar-refractivity contribution is -0.136. The van der Waals surface area contributed by atoms with Crippen molar-refractivity contribution in [3.63, 3.8) is 0 Å². The summed E-state index contributed by atoms with van der Waals surface area (Å²) < 4.78 is 11.4. The van der Waals surface area contributed by atoms with E-state index in [1.165, 1.54) is 0 Å². The van der Waals surface area contributed by atoms with Gasteiger partial charge < -0.3 is 14.8 Å². The monoisotopic (exact) mass is 467 g/mol. The summed E-state index contributed by atoms with van der Waals surface area (Å²) in [6.45, 7) is 3.76. The number of hydrogen-bond acceptors (Lipinski definition) is 4. The number of amides is 1. The van der Waals surface area contributed by atoms with Crippen LogP contribution in [0.1, 0.15) is 42.5 Å². The molecule has 0 aliphatic carbocycles. The smallest absolute Gasteiger partial charge is 0.349 e. The summed E-state index contributed by atoms with van der Waals surface area (Å²) in [5.74, 6) is 0.406. The number of aryl methyl sites for hydroxylation is 1. The molecule has 0 aliphatic heterocycles. The van der Waals surface area contributed by atoms with Gasteiger partial charge in [-0.15, -0.1) is 0 Å². The third kappa shape index (κ3) is 6.07. The number of hydrogen-bond donors (Lipinski definition) is 1. The van der Waals surface area contributed by atoms with Crippen LogP contribution in [0.25, 0.3) is 10.8 Å². The maximum absolute atomic E-state index is 12.8. The minimum Gasteiger partial charge on any atom is -0.482 e. The van der Waals surface area contributed by atoms with Crippen LogP contribution < -0.4 is 14.8 Å². The van der Waals surface area contributed by atoms with Crippen molar-refractivity contribution in [3.8, 4) is 11.5 Å². The summed E-state index contributed by atoms with van der Waals surface area (Å²) in [5, 5.41) is 5.07. The molecular weight excluding hydrogens is 438 g/mol. The summed E-state index contributed by atoms with van der Waals surface area (Å²) >= 11 is 0. The molecule has 0 bridgehead atoms. The molecule has 0 fully saturated rings. The van der Waals surface area contributed by atoms with Crippen LogP contribution in [-0.4, -0.2) is 18.5 Å². The molecule has 0 aromatic heterocycles. The maximum atomic E-state index is 12.8. The zero-order chi connectivity index (χ0) is 24.6. The molecule has 5 heteroatoms. The molecule has 0 aliphatic rings. The highest BCUT2D eigenvalue weighted by Crippen LogP contribution is 2.37. The Morgan fingerprint density at radius 1 is 0.857 bits per heavy atom. The van der Waals surface area contributed by atoms with Gasteiger partial charge >= 0.3 is 5.97 Å². The fourth-order valence-corrected chi connectivity index (χ4v) is 4.01. The van der Waals surface area contributed by atoms with Crippen LogP contribution >= 0.6 is 0 Å². The summed E-state index contributed by atoms with van der Waals surface area (Å²) in [4.78, 5) is 25.5. The van der Waals surface area contributed by atoms with Gasteiger partial charge in [0, 0.05) is 12.0 Å². The zero-order valence-electron chi connectivity index (χ0n) is 20.0.